The van der Waals surface area contributed by atoms with Crippen LogP contribution in [0.2, 0.25) is 5.02 Å². The van der Waals surface area contributed by atoms with E-state index >= 15 is 0 Å². The number of halogens is 4. The minimum atomic E-state index is -4.24. The van der Waals surface area contributed by atoms with Crippen molar-refractivity contribution in [2.24, 2.45) is 0 Å². The van der Waals surface area contributed by atoms with Crippen LogP contribution < -0.4 is 4.90 Å². The Bertz CT molecular complexity index is 759. The molecular formula is C18H26ClF3N2O3S. The van der Waals surface area contributed by atoms with E-state index in [4.69, 9.17) is 16.7 Å². The van der Waals surface area contributed by atoms with Crippen LogP contribution in [-0.2, 0) is 10.0 Å². The molecule has 1 saturated heterocycles. The molecule has 1 heterocycles. The second kappa shape index (κ2) is 9.65. The van der Waals surface area contributed by atoms with Crippen molar-refractivity contribution in [3.8, 4) is 0 Å². The number of benzene rings is 1. The van der Waals surface area contributed by atoms with E-state index < -0.39 is 22.6 Å². The Morgan fingerprint density at radius 2 is 2.04 bits per heavy atom. The first-order valence-electron chi connectivity index (χ1n) is 9.26. The van der Waals surface area contributed by atoms with E-state index in [-0.39, 0.29) is 35.5 Å². The Hall–Kier alpha value is -1.03. The van der Waals surface area contributed by atoms with Gasteiger partial charge >= 0.3 is 6.18 Å². The zero-order chi connectivity index (χ0) is 20.9. The van der Waals surface area contributed by atoms with Crippen molar-refractivity contribution in [1.29, 1.82) is 0 Å². The van der Waals surface area contributed by atoms with Gasteiger partial charge in [0.25, 0.3) is 0 Å². The number of nitrogens with zero attached hydrogens (tertiary/aromatic N) is 2. The molecule has 2 rings (SSSR count). The molecule has 0 aromatic heterocycles. The van der Waals surface area contributed by atoms with Crippen LogP contribution in [0.3, 0.4) is 0 Å². The number of aliphatic hydroxyl groups is 1. The lowest BCUT2D eigenvalue weighted by atomic mass is 10.1. The number of aliphatic hydroxyl groups excluding tert-OH is 1. The second-order valence-electron chi connectivity index (χ2n) is 7.03. The van der Waals surface area contributed by atoms with Crippen LogP contribution in [-0.4, -0.2) is 56.8 Å². The molecule has 0 saturated carbocycles. The van der Waals surface area contributed by atoms with Crippen LogP contribution in [0.25, 0.3) is 0 Å². The molecule has 1 aliphatic rings. The molecule has 1 aromatic rings. The average molecular weight is 443 g/mol. The molecule has 0 amide bonds. The van der Waals surface area contributed by atoms with Crippen molar-refractivity contribution < 1.29 is 26.7 Å². The minimum absolute atomic E-state index is 0.00501. The van der Waals surface area contributed by atoms with E-state index in [2.05, 4.69) is 0 Å². The maximum Gasteiger partial charge on any atom is 0.389 e. The molecule has 0 aliphatic carbocycles. The van der Waals surface area contributed by atoms with Crippen LogP contribution in [0, 0.1) is 0 Å². The summed E-state index contributed by atoms with van der Waals surface area (Å²) >= 11 is 6.04. The molecule has 1 unspecified atom stereocenters. The molecule has 10 heteroatoms. The van der Waals surface area contributed by atoms with Gasteiger partial charge < -0.3 is 10.0 Å². The predicted octanol–water partition coefficient (Wildman–Crippen LogP) is 4.04. The van der Waals surface area contributed by atoms with Gasteiger partial charge in [-0.15, -0.1) is 0 Å². The van der Waals surface area contributed by atoms with Crippen LogP contribution in [0.4, 0.5) is 18.9 Å². The van der Waals surface area contributed by atoms with Crippen molar-refractivity contribution in [3.63, 3.8) is 0 Å². The second-order valence-corrected chi connectivity index (χ2v) is 9.33. The SMILES string of the molecule is CN(CCCC(F)(F)F)c1ccc(Cl)cc1S(=O)(=O)N1CCCC1CCCO. The number of alkyl halides is 3. The van der Waals surface area contributed by atoms with Crippen molar-refractivity contribution in [2.45, 2.75) is 55.6 Å². The summed E-state index contributed by atoms with van der Waals surface area (Å²) in [5, 5.41) is 9.30. The van der Waals surface area contributed by atoms with Gasteiger partial charge in [-0.3, -0.25) is 0 Å². The van der Waals surface area contributed by atoms with Crippen LogP contribution in [0.5, 0.6) is 0 Å². The maximum atomic E-state index is 13.3. The predicted molar refractivity (Wildman–Crippen MR) is 103 cm³/mol. The third-order valence-electron chi connectivity index (χ3n) is 4.89. The smallest absolute Gasteiger partial charge is 0.389 e. The van der Waals surface area contributed by atoms with E-state index in [1.807, 2.05) is 0 Å². The largest absolute Gasteiger partial charge is 0.396 e. The number of hydrogen-bond acceptors (Lipinski definition) is 4. The zero-order valence-electron chi connectivity index (χ0n) is 15.8. The number of hydrogen-bond donors (Lipinski definition) is 1. The molecule has 1 aromatic carbocycles. The van der Waals surface area contributed by atoms with Gasteiger partial charge in [0.1, 0.15) is 4.90 Å². The summed E-state index contributed by atoms with van der Waals surface area (Å²) in [6.45, 7) is 0.439. The highest BCUT2D eigenvalue weighted by Crippen LogP contribution is 2.35. The van der Waals surface area contributed by atoms with Gasteiger partial charge in [0.2, 0.25) is 10.0 Å². The lowest BCUT2D eigenvalue weighted by Crippen LogP contribution is -2.36. The van der Waals surface area contributed by atoms with E-state index in [0.717, 1.165) is 12.8 Å². The number of anilines is 1. The fourth-order valence-corrected chi connectivity index (χ4v) is 5.74. The molecule has 1 aliphatic heterocycles. The molecule has 160 valence electrons. The molecular weight excluding hydrogens is 417 g/mol. The fourth-order valence-electron chi connectivity index (χ4n) is 3.51. The summed E-state index contributed by atoms with van der Waals surface area (Å²) in [7, 11) is -2.29. The number of rotatable bonds is 9. The molecule has 0 bridgehead atoms. The molecule has 28 heavy (non-hydrogen) atoms. The highest BCUT2D eigenvalue weighted by Gasteiger charge is 2.36. The maximum absolute atomic E-state index is 13.3. The van der Waals surface area contributed by atoms with Crippen molar-refractivity contribution in [1.82, 2.24) is 4.31 Å². The van der Waals surface area contributed by atoms with Crippen LogP contribution >= 0.6 is 11.6 Å². The first-order chi connectivity index (χ1) is 13.1. The van der Waals surface area contributed by atoms with Gasteiger partial charge in [-0.2, -0.15) is 17.5 Å². The Morgan fingerprint density at radius 1 is 1.32 bits per heavy atom. The first-order valence-corrected chi connectivity index (χ1v) is 11.1. The van der Waals surface area contributed by atoms with E-state index in [0.29, 0.717) is 25.1 Å². The lowest BCUT2D eigenvalue weighted by Gasteiger charge is -2.28. The van der Waals surface area contributed by atoms with E-state index in [1.54, 1.807) is 7.05 Å². The van der Waals surface area contributed by atoms with Crippen molar-refractivity contribution in [2.75, 3.05) is 31.6 Å². The zero-order valence-corrected chi connectivity index (χ0v) is 17.3. The standard InChI is InChI=1S/C18H26ClF3N2O3S/c1-23(10-4-9-18(20,21)22)16-8-7-14(19)13-17(16)28(26,27)24-11-2-5-15(24)6-3-12-25/h7-8,13,15,25H,2-6,9-12H2,1H3. The van der Waals surface area contributed by atoms with Gasteiger partial charge in [-0.25, -0.2) is 8.42 Å². The molecule has 0 radical (unpaired) electrons. The summed E-state index contributed by atoms with van der Waals surface area (Å²) in [5.74, 6) is 0. The van der Waals surface area contributed by atoms with Gasteiger partial charge in [0, 0.05) is 44.2 Å². The van der Waals surface area contributed by atoms with Gasteiger partial charge in [-0.1, -0.05) is 11.6 Å². The van der Waals surface area contributed by atoms with Crippen molar-refractivity contribution >= 4 is 27.3 Å². The summed E-state index contributed by atoms with van der Waals surface area (Å²) in [5.41, 5.74) is 0.333. The third kappa shape index (κ3) is 5.98. The van der Waals surface area contributed by atoms with Crippen LogP contribution in [0.15, 0.2) is 23.1 Å². The Morgan fingerprint density at radius 3 is 2.68 bits per heavy atom. The van der Waals surface area contributed by atoms with Gasteiger partial charge in [0.15, 0.2) is 0 Å². The number of sulfonamides is 1. The van der Waals surface area contributed by atoms with Gasteiger partial charge in [-0.05, 0) is 50.3 Å². The Kier molecular flexibility index (Phi) is 8.01. The molecule has 1 N–H and O–H groups in total. The lowest BCUT2D eigenvalue weighted by molar-refractivity contribution is -0.135. The Balaban J connectivity index is 2.27. The van der Waals surface area contributed by atoms with Gasteiger partial charge in [0.05, 0.1) is 5.69 Å². The highest BCUT2D eigenvalue weighted by molar-refractivity contribution is 7.89. The minimum Gasteiger partial charge on any atom is -0.396 e. The molecule has 5 nitrogen and oxygen atoms in total. The third-order valence-corrected chi connectivity index (χ3v) is 7.11. The molecule has 1 atom stereocenters. The highest BCUT2D eigenvalue weighted by atomic mass is 35.5. The monoisotopic (exact) mass is 442 g/mol. The topological polar surface area (TPSA) is 60.9 Å². The normalized spacial score (nSPS) is 18.6. The van der Waals surface area contributed by atoms with Crippen LogP contribution in [0.1, 0.15) is 38.5 Å². The van der Waals surface area contributed by atoms with E-state index in [9.17, 15) is 21.6 Å². The van der Waals surface area contributed by atoms with E-state index in [1.165, 1.54) is 27.4 Å². The fraction of sp³-hybridized carbons (Fsp3) is 0.667. The summed E-state index contributed by atoms with van der Waals surface area (Å²) in [6.07, 6.45) is -2.79. The average Bonchev–Trinajstić information content (AvgIpc) is 3.08. The first kappa shape index (κ1) is 23.3. The Labute approximate surface area is 169 Å². The summed E-state index contributed by atoms with van der Waals surface area (Å²) < 4.78 is 65.3. The molecule has 1 fully saturated rings. The van der Waals surface area contributed by atoms with Crippen molar-refractivity contribution in [3.05, 3.63) is 23.2 Å². The molecule has 0 spiro atoms. The summed E-state index contributed by atoms with van der Waals surface area (Å²) in [6, 6.07) is 4.22. The quantitative estimate of drug-likeness (QED) is 0.627. The summed E-state index contributed by atoms with van der Waals surface area (Å²) in [4.78, 5) is 1.53.